The number of carbonyl (C=O) groups is 1. The molecule has 2 aromatic carbocycles. The third-order valence-electron chi connectivity index (χ3n) is 3.72. The van der Waals surface area contributed by atoms with Crippen molar-refractivity contribution in [2.24, 2.45) is 0 Å². The summed E-state index contributed by atoms with van der Waals surface area (Å²) in [6, 6.07) is 13.7. The second-order valence-corrected chi connectivity index (χ2v) is 5.53. The lowest BCUT2D eigenvalue weighted by atomic mass is 10.1. The highest BCUT2D eigenvalue weighted by molar-refractivity contribution is 5.93. The van der Waals surface area contributed by atoms with Crippen LogP contribution >= 0.6 is 0 Å². The number of nitrogens with zero attached hydrogens (tertiary/aromatic N) is 1. The zero-order chi connectivity index (χ0) is 17.6. The molecule has 0 saturated heterocycles. The predicted molar refractivity (Wildman–Crippen MR) is 93.3 cm³/mol. The average Bonchev–Trinajstić information content (AvgIpc) is 2.61. The van der Waals surface area contributed by atoms with Gasteiger partial charge in [-0.15, -0.1) is 0 Å². The number of benzene rings is 2. The van der Waals surface area contributed by atoms with Crippen molar-refractivity contribution in [1.82, 2.24) is 4.98 Å². The molecule has 0 atom stereocenters. The number of rotatable bonds is 6. The molecule has 0 radical (unpaired) electrons. The molecule has 0 unspecified atom stereocenters. The predicted octanol–water partition coefficient (Wildman–Crippen LogP) is 4.17. The van der Waals surface area contributed by atoms with Crippen molar-refractivity contribution in [3.05, 3.63) is 71.7 Å². The number of carbonyl (C=O) groups excluding carboxylic acids is 1. The van der Waals surface area contributed by atoms with Gasteiger partial charge in [0.2, 0.25) is 0 Å². The maximum atomic E-state index is 13.1. The largest absolute Gasteiger partial charge is 0.493 e. The van der Waals surface area contributed by atoms with E-state index in [9.17, 15) is 9.18 Å². The van der Waals surface area contributed by atoms with Gasteiger partial charge in [-0.1, -0.05) is 12.1 Å². The first-order chi connectivity index (χ1) is 12.2. The highest BCUT2D eigenvalue weighted by atomic mass is 19.1. The second kappa shape index (κ2) is 7.75. The fourth-order valence-corrected chi connectivity index (χ4v) is 2.50. The van der Waals surface area contributed by atoms with Crippen LogP contribution in [0.25, 0.3) is 10.9 Å². The molecule has 0 fully saturated rings. The second-order valence-electron chi connectivity index (χ2n) is 5.53. The van der Waals surface area contributed by atoms with Crippen LogP contribution in [-0.4, -0.2) is 24.2 Å². The Kier molecular flexibility index (Phi) is 5.23. The first kappa shape index (κ1) is 16.9. The molecule has 0 amide bonds. The van der Waals surface area contributed by atoms with Gasteiger partial charge >= 0.3 is 5.97 Å². The van der Waals surface area contributed by atoms with Gasteiger partial charge in [-0.05, 0) is 42.8 Å². The van der Waals surface area contributed by atoms with Gasteiger partial charge in [-0.2, -0.15) is 0 Å². The van der Waals surface area contributed by atoms with Crippen LogP contribution in [0, 0.1) is 5.82 Å². The molecule has 25 heavy (non-hydrogen) atoms. The number of esters is 1. The van der Waals surface area contributed by atoms with Crippen LogP contribution in [0.4, 0.5) is 4.39 Å². The summed E-state index contributed by atoms with van der Waals surface area (Å²) >= 11 is 0. The zero-order valence-electron chi connectivity index (χ0n) is 13.9. The van der Waals surface area contributed by atoms with Crippen LogP contribution in [0.1, 0.15) is 22.8 Å². The number of halogens is 1. The van der Waals surface area contributed by atoms with Crippen molar-refractivity contribution in [2.45, 2.75) is 13.3 Å². The van der Waals surface area contributed by atoms with Crippen LogP contribution < -0.4 is 4.74 Å². The Morgan fingerprint density at radius 2 is 2.04 bits per heavy atom. The van der Waals surface area contributed by atoms with E-state index in [2.05, 4.69) is 4.98 Å². The Balaban J connectivity index is 1.67. The van der Waals surface area contributed by atoms with Gasteiger partial charge in [0.05, 0.1) is 24.3 Å². The number of aromatic nitrogens is 1. The van der Waals surface area contributed by atoms with E-state index in [0.717, 1.165) is 16.5 Å². The lowest BCUT2D eigenvalue weighted by molar-refractivity contribution is 0.0526. The summed E-state index contributed by atoms with van der Waals surface area (Å²) in [5.41, 5.74) is 2.04. The van der Waals surface area contributed by atoms with Gasteiger partial charge < -0.3 is 9.47 Å². The first-order valence-electron chi connectivity index (χ1n) is 8.10. The summed E-state index contributed by atoms with van der Waals surface area (Å²) in [5, 5.41) is 0.836. The highest BCUT2D eigenvalue weighted by Crippen LogP contribution is 2.21. The van der Waals surface area contributed by atoms with E-state index in [1.807, 2.05) is 24.3 Å². The SMILES string of the molecule is CCOC(=O)c1cnc2cc(OCCc3cccc(F)c3)ccc2c1. The Morgan fingerprint density at radius 1 is 1.16 bits per heavy atom. The van der Waals surface area contributed by atoms with Crippen LogP contribution in [0.2, 0.25) is 0 Å². The van der Waals surface area contributed by atoms with Gasteiger partial charge in [0.15, 0.2) is 0 Å². The van der Waals surface area contributed by atoms with Crippen LogP contribution in [-0.2, 0) is 11.2 Å². The Labute approximate surface area is 145 Å². The summed E-state index contributed by atoms with van der Waals surface area (Å²) < 4.78 is 23.8. The van der Waals surface area contributed by atoms with E-state index in [1.165, 1.54) is 18.3 Å². The van der Waals surface area contributed by atoms with Crippen LogP contribution in [0.5, 0.6) is 5.75 Å². The lowest BCUT2D eigenvalue weighted by Crippen LogP contribution is -2.05. The monoisotopic (exact) mass is 339 g/mol. The molecule has 0 aliphatic rings. The molecule has 0 spiro atoms. The quantitative estimate of drug-likeness (QED) is 0.632. The van der Waals surface area contributed by atoms with Gasteiger partial charge in [-0.3, -0.25) is 4.98 Å². The van der Waals surface area contributed by atoms with Crippen molar-refractivity contribution in [1.29, 1.82) is 0 Å². The average molecular weight is 339 g/mol. The van der Waals surface area contributed by atoms with Crippen molar-refractivity contribution >= 4 is 16.9 Å². The summed E-state index contributed by atoms with van der Waals surface area (Å²) in [5.74, 6) is 0.0532. The number of hydrogen-bond donors (Lipinski definition) is 0. The minimum absolute atomic E-state index is 0.246. The number of pyridine rings is 1. The normalized spacial score (nSPS) is 10.6. The summed E-state index contributed by atoms with van der Waals surface area (Å²) in [4.78, 5) is 16.0. The molecule has 0 saturated carbocycles. The summed E-state index contributed by atoms with van der Waals surface area (Å²) in [6.07, 6.45) is 2.11. The van der Waals surface area contributed by atoms with Gasteiger partial charge in [-0.25, -0.2) is 9.18 Å². The minimum atomic E-state index is -0.382. The summed E-state index contributed by atoms with van der Waals surface area (Å²) in [6.45, 7) is 2.53. The third kappa shape index (κ3) is 4.32. The third-order valence-corrected chi connectivity index (χ3v) is 3.72. The molecule has 128 valence electrons. The standard InChI is InChI=1S/C20H18FNO3/c1-2-24-20(23)16-11-15-6-7-18(12-19(15)22-13-16)25-9-8-14-4-3-5-17(21)10-14/h3-7,10-13H,2,8-9H2,1H3. The van der Waals surface area contributed by atoms with E-state index < -0.39 is 0 Å². The zero-order valence-corrected chi connectivity index (χ0v) is 13.9. The van der Waals surface area contributed by atoms with E-state index in [-0.39, 0.29) is 11.8 Å². The fourth-order valence-electron chi connectivity index (χ4n) is 2.50. The number of ether oxygens (including phenoxy) is 2. The number of fused-ring (bicyclic) bond motifs is 1. The van der Waals surface area contributed by atoms with E-state index in [1.54, 1.807) is 19.1 Å². The molecule has 3 aromatic rings. The Hall–Kier alpha value is -2.95. The van der Waals surface area contributed by atoms with Gasteiger partial charge in [0.25, 0.3) is 0 Å². The molecule has 0 aliphatic heterocycles. The molecule has 0 bridgehead atoms. The van der Waals surface area contributed by atoms with E-state index in [0.29, 0.717) is 30.9 Å². The van der Waals surface area contributed by atoms with Crippen LogP contribution in [0.15, 0.2) is 54.7 Å². The molecule has 3 rings (SSSR count). The molecule has 4 nitrogen and oxygen atoms in total. The molecule has 0 N–H and O–H groups in total. The molecule has 1 heterocycles. The lowest BCUT2D eigenvalue weighted by Gasteiger charge is -2.08. The smallest absolute Gasteiger partial charge is 0.339 e. The van der Waals surface area contributed by atoms with Crippen molar-refractivity contribution in [3.63, 3.8) is 0 Å². The summed E-state index contributed by atoms with van der Waals surface area (Å²) in [7, 11) is 0. The minimum Gasteiger partial charge on any atom is -0.493 e. The van der Waals surface area contributed by atoms with Crippen LogP contribution in [0.3, 0.4) is 0 Å². The number of hydrogen-bond acceptors (Lipinski definition) is 4. The maximum absolute atomic E-state index is 13.1. The Bertz CT molecular complexity index is 895. The van der Waals surface area contributed by atoms with Crippen molar-refractivity contribution in [3.8, 4) is 5.75 Å². The molecular formula is C20H18FNO3. The Morgan fingerprint density at radius 3 is 2.84 bits per heavy atom. The van der Waals surface area contributed by atoms with E-state index >= 15 is 0 Å². The molecule has 5 heteroatoms. The molecule has 0 aliphatic carbocycles. The maximum Gasteiger partial charge on any atom is 0.339 e. The molecular weight excluding hydrogens is 321 g/mol. The van der Waals surface area contributed by atoms with Crippen molar-refractivity contribution in [2.75, 3.05) is 13.2 Å². The first-order valence-corrected chi connectivity index (χ1v) is 8.10. The van der Waals surface area contributed by atoms with Gasteiger partial charge in [0, 0.05) is 24.1 Å². The molecule has 1 aromatic heterocycles. The fraction of sp³-hybridized carbons (Fsp3) is 0.200. The topological polar surface area (TPSA) is 48.4 Å². The highest BCUT2D eigenvalue weighted by Gasteiger charge is 2.08. The van der Waals surface area contributed by atoms with E-state index in [4.69, 9.17) is 9.47 Å². The van der Waals surface area contributed by atoms with Crippen molar-refractivity contribution < 1.29 is 18.7 Å². The van der Waals surface area contributed by atoms with Gasteiger partial charge in [0.1, 0.15) is 11.6 Å².